The molecule has 1 fully saturated rings. The number of ether oxygens (including phenoxy) is 1. The molecule has 0 spiro atoms. The second-order valence-corrected chi connectivity index (χ2v) is 6.61. The molecule has 5 heteroatoms. The minimum absolute atomic E-state index is 0.0819. The fourth-order valence-electron chi connectivity index (χ4n) is 2.68. The highest BCUT2D eigenvalue weighted by molar-refractivity contribution is 7.99. The number of hydrogen-bond acceptors (Lipinski definition) is 5. The topological polar surface area (TPSA) is 49.1 Å². The van der Waals surface area contributed by atoms with Crippen LogP contribution in [0.2, 0.25) is 0 Å². The Labute approximate surface area is 141 Å². The zero-order valence-electron chi connectivity index (χ0n) is 13.1. The van der Waals surface area contributed by atoms with Crippen LogP contribution in [-0.2, 0) is 0 Å². The van der Waals surface area contributed by atoms with E-state index in [2.05, 4.69) is 16.0 Å². The molecule has 0 saturated carbocycles. The maximum absolute atomic E-state index is 9.60. The summed E-state index contributed by atoms with van der Waals surface area (Å²) in [6.45, 7) is 4.03. The van der Waals surface area contributed by atoms with Gasteiger partial charge in [0.15, 0.2) is 6.23 Å². The van der Waals surface area contributed by atoms with Crippen molar-refractivity contribution in [2.75, 3.05) is 24.6 Å². The maximum Gasteiger partial charge on any atom is 0.233 e. The van der Waals surface area contributed by atoms with Gasteiger partial charge >= 0.3 is 0 Å². The molecule has 1 atom stereocenters. The quantitative estimate of drug-likeness (QED) is 0.862. The maximum atomic E-state index is 9.60. The van der Waals surface area contributed by atoms with Crippen LogP contribution >= 0.6 is 11.8 Å². The van der Waals surface area contributed by atoms with Crippen LogP contribution < -0.4 is 4.74 Å². The molecule has 118 valence electrons. The van der Waals surface area contributed by atoms with Crippen molar-refractivity contribution in [1.82, 2.24) is 9.88 Å². The Hall–Kier alpha value is -2.03. The van der Waals surface area contributed by atoms with Gasteiger partial charge in [-0.2, -0.15) is 17.0 Å². The van der Waals surface area contributed by atoms with Gasteiger partial charge in [0, 0.05) is 36.4 Å². The van der Waals surface area contributed by atoms with Gasteiger partial charge in [-0.25, -0.2) is 4.98 Å². The van der Waals surface area contributed by atoms with Gasteiger partial charge in [0.2, 0.25) is 5.88 Å². The highest BCUT2D eigenvalue weighted by Gasteiger charge is 2.21. The van der Waals surface area contributed by atoms with E-state index >= 15 is 0 Å². The monoisotopic (exact) mass is 325 g/mol. The van der Waals surface area contributed by atoms with Crippen molar-refractivity contribution in [1.29, 1.82) is 5.26 Å². The number of thioether (sulfide) groups is 1. The number of aromatic nitrogens is 1. The molecule has 2 heterocycles. The molecule has 1 unspecified atom stereocenters. The summed E-state index contributed by atoms with van der Waals surface area (Å²) in [6.07, 6.45) is 1.62. The zero-order chi connectivity index (χ0) is 16.1. The Morgan fingerprint density at radius 3 is 2.65 bits per heavy atom. The SMILES string of the molecule is CC(Oc1nccc(-c2ccccc2)c1C#N)N1CCSCC1. The number of nitriles is 1. The Kier molecular flexibility index (Phi) is 5.16. The summed E-state index contributed by atoms with van der Waals surface area (Å²) >= 11 is 1.96. The van der Waals surface area contributed by atoms with Crippen molar-refractivity contribution >= 4 is 11.8 Å². The van der Waals surface area contributed by atoms with Crippen molar-refractivity contribution in [3.8, 4) is 23.1 Å². The van der Waals surface area contributed by atoms with Crippen molar-refractivity contribution < 1.29 is 4.74 Å². The molecule has 0 N–H and O–H groups in total. The summed E-state index contributed by atoms with van der Waals surface area (Å²) in [5, 5.41) is 9.60. The molecule has 1 aliphatic heterocycles. The number of hydrogen-bond donors (Lipinski definition) is 0. The van der Waals surface area contributed by atoms with E-state index in [0.29, 0.717) is 11.4 Å². The van der Waals surface area contributed by atoms with Gasteiger partial charge in [-0.1, -0.05) is 30.3 Å². The lowest BCUT2D eigenvalue weighted by atomic mass is 10.0. The molecule has 4 nitrogen and oxygen atoms in total. The fourth-order valence-corrected chi connectivity index (χ4v) is 3.61. The molecular formula is C18H19N3OS. The van der Waals surface area contributed by atoms with E-state index in [-0.39, 0.29) is 6.23 Å². The van der Waals surface area contributed by atoms with Gasteiger partial charge in [-0.05, 0) is 18.6 Å². The first kappa shape index (κ1) is 15.9. The number of pyridine rings is 1. The predicted molar refractivity (Wildman–Crippen MR) is 93.4 cm³/mol. The molecule has 0 amide bonds. The van der Waals surface area contributed by atoms with E-state index in [9.17, 15) is 5.26 Å². The summed E-state index contributed by atoms with van der Waals surface area (Å²) in [6, 6.07) is 14.0. The molecule has 0 radical (unpaired) electrons. The Morgan fingerprint density at radius 2 is 1.96 bits per heavy atom. The summed E-state index contributed by atoms with van der Waals surface area (Å²) < 4.78 is 6.02. The highest BCUT2D eigenvalue weighted by atomic mass is 32.2. The highest BCUT2D eigenvalue weighted by Crippen LogP contribution is 2.29. The molecule has 0 aliphatic carbocycles. The van der Waals surface area contributed by atoms with Gasteiger partial charge in [-0.3, -0.25) is 4.90 Å². The normalized spacial score (nSPS) is 16.5. The largest absolute Gasteiger partial charge is 0.458 e. The lowest BCUT2D eigenvalue weighted by Gasteiger charge is -2.31. The van der Waals surface area contributed by atoms with Crippen LogP contribution in [0.4, 0.5) is 0 Å². The molecule has 2 aromatic rings. The molecule has 1 aromatic carbocycles. The average molecular weight is 325 g/mol. The van der Waals surface area contributed by atoms with E-state index in [1.807, 2.05) is 55.1 Å². The lowest BCUT2D eigenvalue weighted by Crippen LogP contribution is -2.42. The first-order valence-corrected chi connectivity index (χ1v) is 8.88. The third-order valence-corrected chi connectivity index (χ3v) is 4.90. The molecule has 1 aromatic heterocycles. The van der Waals surface area contributed by atoms with Crippen LogP contribution in [-0.4, -0.2) is 40.7 Å². The van der Waals surface area contributed by atoms with E-state index in [1.54, 1.807) is 6.20 Å². The number of nitrogens with zero attached hydrogens (tertiary/aromatic N) is 3. The molecule has 1 aliphatic rings. The first-order valence-electron chi connectivity index (χ1n) is 7.72. The Morgan fingerprint density at radius 1 is 1.22 bits per heavy atom. The minimum Gasteiger partial charge on any atom is -0.458 e. The van der Waals surface area contributed by atoms with Crippen LogP contribution in [0.5, 0.6) is 5.88 Å². The van der Waals surface area contributed by atoms with Crippen LogP contribution in [0.25, 0.3) is 11.1 Å². The second kappa shape index (κ2) is 7.49. The van der Waals surface area contributed by atoms with Gasteiger partial charge in [0.05, 0.1) is 0 Å². The molecule has 3 rings (SSSR count). The van der Waals surface area contributed by atoms with E-state index in [0.717, 1.165) is 35.7 Å². The van der Waals surface area contributed by atoms with E-state index in [4.69, 9.17) is 4.74 Å². The minimum atomic E-state index is -0.0819. The van der Waals surface area contributed by atoms with Crippen LogP contribution in [0, 0.1) is 11.3 Å². The summed E-state index contributed by atoms with van der Waals surface area (Å²) in [5.74, 6) is 2.66. The van der Waals surface area contributed by atoms with Crippen LogP contribution in [0.3, 0.4) is 0 Å². The van der Waals surface area contributed by atoms with E-state index in [1.165, 1.54) is 0 Å². The van der Waals surface area contributed by atoms with Crippen molar-refractivity contribution in [3.63, 3.8) is 0 Å². The van der Waals surface area contributed by atoms with Gasteiger partial charge in [0.25, 0.3) is 0 Å². The van der Waals surface area contributed by atoms with Crippen LogP contribution in [0.1, 0.15) is 12.5 Å². The summed E-state index contributed by atoms with van der Waals surface area (Å²) in [5.41, 5.74) is 2.36. The average Bonchev–Trinajstić information content (AvgIpc) is 2.63. The smallest absolute Gasteiger partial charge is 0.233 e. The van der Waals surface area contributed by atoms with Crippen LogP contribution in [0.15, 0.2) is 42.6 Å². The summed E-state index contributed by atoms with van der Waals surface area (Å²) in [7, 11) is 0. The zero-order valence-corrected chi connectivity index (χ0v) is 13.9. The first-order chi connectivity index (χ1) is 11.3. The van der Waals surface area contributed by atoms with Gasteiger partial charge in [-0.15, -0.1) is 0 Å². The lowest BCUT2D eigenvalue weighted by molar-refractivity contribution is 0.0438. The molecule has 23 heavy (non-hydrogen) atoms. The molecule has 0 bridgehead atoms. The second-order valence-electron chi connectivity index (χ2n) is 5.38. The Bertz CT molecular complexity index is 693. The fraction of sp³-hybridized carbons (Fsp3) is 0.333. The van der Waals surface area contributed by atoms with E-state index < -0.39 is 0 Å². The number of benzene rings is 1. The summed E-state index contributed by atoms with van der Waals surface area (Å²) in [4.78, 5) is 6.58. The third kappa shape index (κ3) is 3.66. The molecule has 1 saturated heterocycles. The third-order valence-electron chi connectivity index (χ3n) is 3.95. The van der Waals surface area contributed by atoms with Crippen molar-refractivity contribution in [2.45, 2.75) is 13.2 Å². The predicted octanol–water partition coefficient (Wildman–Crippen LogP) is 3.39. The number of rotatable bonds is 4. The standard InChI is InChI=1S/C18H19N3OS/c1-14(21-9-11-23-12-10-21)22-18-17(13-19)16(7-8-20-18)15-5-3-2-4-6-15/h2-8,14H,9-12H2,1H3. The van der Waals surface area contributed by atoms with Crippen molar-refractivity contribution in [2.24, 2.45) is 0 Å². The molecular weight excluding hydrogens is 306 g/mol. The Balaban J connectivity index is 1.86. The van der Waals surface area contributed by atoms with Crippen molar-refractivity contribution in [3.05, 3.63) is 48.2 Å². The van der Waals surface area contributed by atoms with Gasteiger partial charge < -0.3 is 4.74 Å². The van der Waals surface area contributed by atoms with Gasteiger partial charge in [0.1, 0.15) is 11.6 Å².